The molecule has 1 aliphatic carbocycles. The van der Waals surface area contributed by atoms with Crippen molar-refractivity contribution in [2.75, 3.05) is 19.5 Å². The standard InChI is InChI=1S/C28H40NO6P/c1-20-14-22(15-21(2)27(20)36(32,33)19-35-25-8-6-5-7-9-25)16-28(3,4)29-17-24(31)18-34-26-12-10-23(30)11-13-26/h5-13,20,22,24,29,31-33H,14-19H2,1-4H3/p+1/t20?,22?,24-/m0/s1. The van der Waals surface area contributed by atoms with Crippen molar-refractivity contribution in [2.45, 2.75) is 58.6 Å². The van der Waals surface area contributed by atoms with Crippen LogP contribution in [0.2, 0.25) is 0 Å². The van der Waals surface area contributed by atoms with Gasteiger partial charge in [0, 0.05) is 18.0 Å². The van der Waals surface area contributed by atoms with E-state index in [1.807, 2.05) is 37.3 Å². The average molecular weight is 519 g/mol. The molecule has 0 bridgehead atoms. The smallest absolute Gasteiger partial charge is 0.335 e. The zero-order valence-corrected chi connectivity index (χ0v) is 22.6. The fourth-order valence-corrected chi connectivity index (χ4v) is 7.18. The molecule has 3 rings (SSSR count). The summed E-state index contributed by atoms with van der Waals surface area (Å²) in [5.41, 5.74) is 0.842. The van der Waals surface area contributed by atoms with Gasteiger partial charge >= 0.3 is 7.72 Å². The molecule has 0 heterocycles. The first-order valence-electron chi connectivity index (χ1n) is 12.5. The van der Waals surface area contributed by atoms with Crippen molar-refractivity contribution in [3.63, 3.8) is 0 Å². The molecule has 3 atom stereocenters. The van der Waals surface area contributed by atoms with Gasteiger partial charge in [-0.15, -0.1) is 0 Å². The number of aliphatic hydroxyl groups excluding tert-OH is 1. The second-order valence-corrected chi connectivity index (χ2v) is 12.8. The SMILES string of the molecule is CC1=C([P+](O)(O)COc2ccccc2)C(C)CC(CC(C)(C)NC[C@H](O)COc2ccc(O)cc2)C1. The molecule has 0 fully saturated rings. The van der Waals surface area contributed by atoms with Crippen molar-refractivity contribution in [3.8, 4) is 17.2 Å². The van der Waals surface area contributed by atoms with Crippen LogP contribution in [0.3, 0.4) is 0 Å². The van der Waals surface area contributed by atoms with Crippen molar-refractivity contribution < 1.29 is 29.5 Å². The van der Waals surface area contributed by atoms with Crippen LogP contribution in [0.4, 0.5) is 0 Å². The Kier molecular flexibility index (Phi) is 9.79. The van der Waals surface area contributed by atoms with Crippen molar-refractivity contribution in [3.05, 3.63) is 65.5 Å². The number of ether oxygens (including phenoxy) is 2. The van der Waals surface area contributed by atoms with E-state index in [4.69, 9.17) is 9.47 Å². The van der Waals surface area contributed by atoms with Gasteiger partial charge in [-0.3, -0.25) is 0 Å². The summed E-state index contributed by atoms with van der Waals surface area (Å²) in [7, 11) is -3.35. The maximum atomic E-state index is 11.0. The van der Waals surface area contributed by atoms with E-state index in [1.54, 1.807) is 24.3 Å². The van der Waals surface area contributed by atoms with Crippen molar-refractivity contribution in [1.29, 1.82) is 0 Å². The average Bonchev–Trinajstić information content (AvgIpc) is 2.81. The van der Waals surface area contributed by atoms with Crippen molar-refractivity contribution >= 4 is 7.72 Å². The molecular weight excluding hydrogens is 477 g/mol. The summed E-state index contributed by atoms with van der Waals surface area (Å²) in [4.78, 5) is 21.9. The maximum Gasteiger partial charge on any atom is 0.335 e. The summed E-state index contributed by atoms with van der Waals surface area (Å²) in [6.45, 7) is 8.88. The maximum absolute atomic E-state index is 11.0. The summed E-state index contributed by atoms with van der Waals surface area (Å²) in [5, 5.41) is 23.9. The minimum Gasteiger partial charge on any atom is -0.508 e. The van der Waals surface area contributed by atoms with Gasteiger partial charge in [0.2, 0.25) is 0 Å². The first-order chi connectivity index (χ1) is 16.9. The second kappa shape index (κ2) is 12.4. The summed E-state index contributed by atoms with van der Waals surface area (Å²) in [6.07, 6.45) is 1.81. The topological polar surface area (TPSA) is 111 Å². The Bertz CT molecular complexity index is 993. The van der Waals surface area contributed by atoms with E-state index < -0.39 is 13.8 Å². The normalized spacial score (nSPS) is 19.8. The van der Waals surface area contributed by atoms with Crippen LogP contribution in [0.15, 0.2) is 65.5 Å². The number of aromatic hydroxyl groups is 1. The van der Waals surface area contributed by atoms with E-state index in [2.05, 4.69) is 26.1 Å². The number of aliphatic hydroxyl groups is 1. The first-order valence-corrected chi connectivity index (χ1v) is 14.4. The number of β-amino-alcohol motifs (C(OH)–C–C–N with tert-alkyl or cyclic N) is 1. The molecule has 0 amide bonds. The van der Waals surface area contributed by atoms with Crippen LogP contribution >= 0.6 is 7.72 Å². The molecule has 36 heavy (non-hydrogen) atoms. The Morgan fingerprint density at radius 3 is 2.31 bits per heavy atom. The molecule has 7 nitrogen and oxygen atoms in total. The molecule has 0 aliphatic heterocycles. The third-order valence-electron chi connectivity index (χ3n) is 6.62. The highest BCUT2D eigenvalue weighted by molar-refractivity contribution is 7.68. The zero-order chi connectivity index (χ0) is 26.3. The minimum absolute atomic E-state index is 0.0616. The molecule has 5 N–H and O–H groups in total. The monoisotopic (exact) mass is 518 g/mol. The quantitative estimate of drug-likeness (QED) is 0.249. The molecule has 8 heteroatoms. The molecule has 2 aromatic rings. The fourth-order valence-electron chi connectivity index (χ4n) is 5.20. The van der Waals surface area contributed by atoms with E-state index in [-0.39, 0.29) is 30.2 Å². The third kappa shape index (κ3) is 8.46. The summed E-state index contributed by atoms with van der Waals surface area (Å²) < 4.78 is 11.3. The number of hydrogen-bond acceptors (Lipinski definition) is 7. The number of nitrogens with one attached hydrogen (secondary N) is 1. The van der Waals surface area contributed by atoms with Gasteiger partial charge in [-0.25, -0.2) is 9.79 Å². The molecule has 0 spiro atoms. The van der Waals surface area contributed by atoms with Crippen LogP contribution in [-0.2, 0) is 0 Å². The van der Waals surface area contributed by atoms with Crippen LogP contribution in [0.5, 0.6) is 17.2 Å². The van der Waals surface area contributed by atoms with Gasteiger partial charge in [0.05, 0.1) is 0 Å². The van der Waals surface area contributed by atoms with Crippen molar-refractivity contribution in [2.24, 2.45) is 11.8 Å². The van der Waals surface area contributed by atoms with Gasteiger partial charge in [0.1, 0.15) is 35.3 Å². The van der Waals surface area contributed by atoms with Gasteiger partial charge in [0.15, 0.2) is 0 Å². The number of hydrogen-bond donors (Lipinski definition) is 5. The molecule has 1 aliphatic rings. The van der Waals surface area contributed by atoms with Gasteiger partial charge in [-0.1, -0.05) is 25.1 Å². The molecule has 0 saturated heterocycles. The van der Waals surface area contributed by atoms with Gasteiger partial charge in [-0.2, -0.15) is 0 Å². The Morgan fingerprint density at radius 2 is 1.67 bits per heavy atom. The van der Waals surface area contributed by atoms with E-state index >= 15 is 0 Å². The highest BCUT2D eigenvalue weighted by atomic mass is 31.2. The summed E-state index contributed by atoms with van der Waals surface area (Å²) in [6, 6.07) is 15.7. The lowest BCUT2D eigenvalue weighted by Gasteiger charge is -2.36. The van der Waals surface area contributed by atoms with Crippen molar-refractivity contribution in [1.82, 2.24) is 5.32 Å². The molecule has 2 aromatic carbocycles. The van der Waals surface area contributed by atoms with Crippen LogP contribution in [-0.4, -0.2) is 51.1 Å². The Morgan fingerprint density at radius 1 is 1.03 bits per heavy atom. The lowest BCUT2D eigenvalue weighted by atomic mass is 9.77. The Hall–Kier alpha value is -2.15. The number of phenols is 1. The second-order valence-electron chi connectivity index (χ2n) is 10.6. The highest BCUT2D eigenvalue weighted by Crippen LogP contribution is 2.64. The molecular formula is C28H41NO6P+. The third-order valence-corrected chi connectivity index (χ3v) is 8.70. The lowest BCUT2D eigenvalue weighted by molar-refractivity contribution is 0.0958. The lowest BCUT2D eigenvalue weighted by Crippen LogP contribution is -2.46. The Labute approximate surface area is 215 Å². The molecule has 198 valence electrons. The molecule has 2 unspecified atom stereocenters. The largest absolute Gasteiger partial charge is 0.508 e. The Balaban J connectivity index is 1.50. The molecule has 0 saturated carbocycles. The van der Waals surface area contributed by atoms with E-state index in [1.165, 1.54) is 0 Å². The van der Waals surface area contributed by atoms with Crippen LogP contribution in [0.1, 0.15) is 47.0 Å². The van der Waals surface area contributed by atoms with Gasteiger partial charge in [0.25, 0.3) is 6.35 Å². The fraction of sp³-hybridized carbons (Fsp3) is 0.500. The number of allylic oxidation sites excluding steroid dienone is 2. The highest BCUT2D eigenvalue weighted by Gasteiger charge is 2.47. The van der Waals surface area contributed by atoms with E-state index in [0.29, 0.717) is 24.0 Å². The summed E-state index contributed by atoms with van der Waals surface area (Å²) >= 11 is 0. The minimum atomic E-state index is -3.35. The zero-order valence-electron chi connectivity index (χ0n) is 21.7. The number of para-hydroxylation sites is 1. The van der Waals surface area contributed by atoms with Crippen LogP contribution in [0, 0.1) is 11.8 Å². The summed E-state index contributed by atoms with van der Waals surface area (Å²) in [5.74, 6) is 1.86. The number of rotatable bonds is 12. The van der Waals surface area contributed by atoms with Gasteiger partial charge < -0.3 is 25.0 Å². The first kappa shape index (κ1) is 28.4. The molecule has 0 radical (unpaired) electrons. The van der Waals surface area contributed by atoms with Gasteiger partial charge in [-0.05, 0) is 87.9 Å². The molecule has 0 aromatic heterocycles. The van der Waals surface area contributed by atoms with Crippen LogP contribution < -0.4 is 14.8 Å². The van der Waals surface area contributed by atoms with E-state index in [0.717, 1.165) is 30.1 Å². The number of benzene rings is 2. The van der Waals surface area contributed by atoms with E-state index in [9.17, 15) is 20.0 Å². The predicted molar refractivity (Wildman–Crippen MR) is 144 cm³/mol. The number of phenolic OH excluding ortho intramolecular Hbond substituents is 1. The van der Waals surface area contributed by atoms with Crippen LogP contribution in [0.25, 0.3) is 0 Å². The predicted octanol–water partition coefficient (Wildman–Crippen LogP) is 5.08.